The van der Waals surface area contributed by atoms with Crippen molar-refractivity contribution < 1.29 is 9.90 Å². The van der Waals surface area contributed by atoms with Crippen molar-refractivity contribution in [3.63, 3.8) is 0 Å². The standard InChI is InChI=1S/C12H19NO2/c1-4-13-11(12(14)15)9-7-5-6-8-10(2)3/h5-8,11,13H,2,4,9H2,1,3H3,(H,14,15)/b7-5+,8-6-/t11-/m1/s1. The van der Waals surface area contributed by atoms with Crippen LogP contribution in [0.3, 0.4) is 0 Å². The SMILES string of the molecule is C=C(C)/C=C\C=C\C[C@@H](NCC)C(=O)O. The summed E-state index contributed by atoms with van der Waals surface area (Å²) in [6, 6.07) is -0.496. The summed E-state index contributed by atoms with van der Waals surface area (Å²) in [5.41, 5.74) is 0.973. The minimum absolute atomic E-state index is 0.490. The zero-order chi connectivity index (χ0) is 11.7. The van der Waals surface area contributed by atoms with Gasteiger partial charge in [0.1, 0.15) is 6.04 Å². The van der Waals surface area contributed by atoms with Crippen molar-refractivity contribution in [3.05, 3.63) is 36.5 Å². The van der Waals surface area contributed by atoms with Gasteiger partial charge in [0.05, 0.1) is 0 Å². The van der Waals surface area contributed by atoms with E-state index in [0.29, 0.717) is 13.0 Å². The van der Waals surface area contributed by atoms with E-state index >= 15 is 0 Å². The largest absolute Gasteiger partial charge is 0.480 e. The molecule has 84 valence electrons. The zero-order valence-electron chi connectivity index (χ0n) is 9.36. The highest BCUT2D eigenvalue weighted by atomic mass is 16.4. The lowest BCUT2D eigenvalue weighted by Gasteiger charge is -2.09. The molecule has 0 aliphatic carbocycles. The number of hydrogen-bond donors (Lipinski definition) is 2. The van der Waals surface area contributed by atoms with E-state index in [4.69, 9.17) is 5.11 Å². The Hall–Kier alpha value is -1.35. The van der Waals surface area contributed by atoms with Crippen molar-refractivity contribution in [3.8, 4) is 0 Å². The van der Waals surface area contributed by atoms with Gasteiger partial charge >= 0.3 is 5.97 Å². The van der Waals surface area contributed by atoms with E-state index in [2.05, 4.69) is 11.9 Å². The Balaban J connectivity index is 3.98. The van der Waals surface area contributed by atoms with E-state index < -0.39 is 12.0 Å². The normalized spacial score (nSPS) is 13.5. The van der Waals surface area contributed by atoms with Crippen LogP contribution in [0.1, 0.15) is 20.3 Å². The number of rotatable bonds is 7. The predicted molar refractivity (Wildman–Crippen MR) is 62.8 cm³/mol. The number of aliphatic carboxylic acids is 1. The molecule has 0 saturated carbocycles. The molecule has 3 nitrogen and oxygen atoms in total. The van der Waals surface area contributed by atoms with E-state index in [1.54, 1.807) is 0 Å². The molecular weight excluding hydrogens is 190 g/mol. The van der Waals surface area contributed by atoms with Crippen LogP contribution in [-0.4, -0.2) is 23.7 Å². The zero-order valence-corrected chi connectivity index (χ0v) is 9.36. The third-order valence-corrected chi connectivity index (χ3v) is 1.75. The molecule has 1 atom stereocenters. The second kappa shape index (κ2) is 8.00. The summed E-state index contributed by atoms with van der Waals surface area (Å²) < 4.78 is 0. The van der Waals surface area contributed by atoms with Crippen molar-refractivity contribution >= 4 is 5.97 Å². The number of carbonyl (C=O) groups is 1. The molecule has 0 amide bonds. The first kappa shape index (κ1) is 13.7. The number of nitrogens with one attached hydrogen (secondary N) is 1. The fourth-order valence-corrected chi connectivity index (χ4v) is 1.03. The third kappa shape index (κ3) is 7.70. The molecule has 0 radical (unpaired) electrons. The molecule has 3 heteroatoms. The lowest BCUT2D eigenvalue weighted by molar-refractivity contribution is -0.139. The van der Waals surface area contributed by atoms with Crippen LogP contribution in [0.15, 0.2) is 36.5 Å². The molecule has 0 fully saturated rings. The van der Waals surface area contributed by atoms with Gasteiger partial charge in [0.2, 0.25) is 0 Å². The van der Waals surface area contributed by atoms with Gasteiger partial charge in [-0.2, -0.15) is 0 Å². The smallest absolute Gasteiger partial charge is 0.321 e. The molecule has 0 spiro atoms. The Labute approximate surface area is 91.2 Å². The fourth-order valence-electron chi connectivity index (χ4n) is 1.03. The van der Waals surface area contributed by atoms with Gasteiger partial charge in [0, 0.05) is 0 Å². The Morgan fingerprint density at radius 2 is 2.20 bits per heavy atom. The molecule has 0 heterocycles. The van der Waals surface area contributed by atoms with Crippen molar-refractivity contribution in [2.24, 2.45) is 0 Å². The summed E-state index contributed by atoms with van der Waals surface area (Å²) in [6.07, 6.45) is 7.89. The Bertz CT molecular complexity index is 267. The van der Waals surface area contributed by atoms with Gasteiger partial charge in [-0.15, -0.1) is 0 Å². The molecule has 0 saturated heterocycles. The molecule has 0 aliphatic rings. The maximum Gasteiger partial charge on any atom is 0.321 e. The van der Waals surface area contributed by atoms with Gasteiger partial charge in [-0.3, -0.25) is 4.79 Å². The number of likely N-dealkylation sites (N-methyl/N-ethyl adjacent to an activating group) is 1. The molecule has 0 aromatic rings. The second-order valence-electron chi connectivity index (χ2n) is 3.32. The van der Waals surface area contributed by atoms with Crippen LogP contribution in [-0.2, 0) is 4.79 Å². The Kier molecular flexibility index (Phi) is 7.28. The number of allylic oxidation sites excluding steroid dienone is 4. The minimum atomic E-state index is -0.814. The number of carboxylic acid groups (broad SMARTS) is 1. The van der Waals surface area contributed by atoms with Crippen molar-refractivity contribution in [1.82, 2.24) is 5.32 Å². The highest BCUT2D eigenvalue weighted by Gasteiger charge is 2.12. The molecule has 0 bridgehead atoms. The molecule has 2 N–H and O–H groups in total. The van der Waals surface area contributed by atoms with Gasteiger partial charge in [0.25, 0.3) is 0 Å². The van der Waals surface area contributed by atoms with Crippen LogP contribution >= 0.6 is 0 Å². The van der Waals surface area contributed by atoms with Crippen molar-refractivity contribution in [2.45, 2.75) is 26.3 Å². The number of hydrogen-bond acceptors (Lipinski definition) is 2. The average molecular weight is 209 g/mol. The first-order chi connectivity index (χ1) is 7.07. The van der Waals surface area contributed by atoms with Crippen LogP contribution in [0, 0.1) is 0 Å². The summed E-state index contributed by atoms with van der Waals surface area (Å²) in [7, 11) is 0. The van der Waals surface area contributed by atoms with Gasteiger partial charge < -0.3 is 10.4 Å². The Morgan fingerprint density at radius 1 is 1.53 bits per heavy atom. The summed E-state index contributed by atoms with van der Waals surface area (Å²) >= 11 is 0. The van der Waals surface area contributed by atoms with Gasteiger partial charge in [-0.25, -0.2) is 0 Å². The first-order valence-corrected chi connectivity index (χ1v) is 5.02. The van der Waals surface area contributed by atoms with E-state index in [1.165, 1.54) is 0 Å². The van der Waals surface area contributed by atoms with Gasteiger partial charge in [0.15, 0.2) is 0 Å². The molecule has 0 unspecified atom stereocenters. The van der Waals surface area contributed by atoms with E-state index in [1.807, 2.05) is 38.2 Å². The molecule has 0 aliphatic heterocycles. The van der Waals surface area contributed by atoms with Crippen molar-refractivity contribution in [1.29, 1.82) is 0 Å². The van der Waals surface area contributed by atoms with Crippen LogP contribution in [0.2, 0.25) is 0 Å². The van der Waals surface area contributed by atoms with Crippen molar-refractivity contribution in [2.75, 3.05) is 6.54 Å². The second-order valence-corrected chi connectivity index (χ2v) is 3.32. The topological polar surface area (TPSA) is 49.3 Å². The maximum atomic E-state index is 10.7. The number of carboxylic acids is 1. The lowest BCUT2D eigenvalue weighted by Crippen LogP contribution is -2.35. The van der Waals surface area contributed by atoms with E-state index in [-0.39, 0.29) is 0 Å². The fraction of sp³-hybridized carbons (Fsp3) is 0.417. The first-order valence-electron chi connectivity index (χ1n) is 5.02. The lowest BCUT2D eigenvalue weighted by atomic mass is 10.2. The highest BCUT2D eigenvalue weighted by Crippen LogP contribution is 1.95. The van der Waals surface area contributed by atoms with Gasteiger partial charge in [-0.1, -0.05) is 43.4 Å². The molecule has 0 aromatic heterocycles. The van der Waals surface area contributed by atoms with Crippen LogP contribution in [0.25, 0.3) is 0 Å². The van der Waals surface area contributed by atoms with Gasteiger partial charge in [-0.05, 0) is 19.9 Å². The summed E-state index contributed by atoms with van der Waals surface area (Å²) in [5.74, 6) is -0.814. The predicted octanol–water partition coefficient (Wildman–Crippen LogP) is 2.13. The van der Waals surface area contributed by atoms with Crippen LogP contribution < -0.4 is 5.32 Å². The molecule has 0 rings (SSSR count). The van der Waals surface area contributed by atoms with Crippen LogP contribution in [0.4, 0.5) is 0 Å². The maximum absolute atomic E-state index is 10.7. The summed E-state index contributed by atoms with van der Waals surface area (Å²) in [4.78, 5) is 10.7. The van der Waals surface area contributed by atoms with E-state index in [9.17, 15) is 4.79 Å². The quantitative estimate of drug-likeness (QED) is 0.631. The monoisotopic (exact) mass is 209 g/mol. The highest BCUT2D eigenvalue weighted by molar-refractivity contribution is 5.73. The average Bonchev–Trinajstić information content (AvgIpc) is 2.15. The van der Waals surface area contributed by atoms with Crippen LogP contribution in [0.5, 0.6) is 0 Å². The molecule has 15 heavy (non-hydrogen) atoms. The minimum Gasteiger partial charge on any atom is -0.480 e. The van der Waals surface area contributed by atoms with E-state index in [0.717, 1.165) is 5.57 Å². The third-order valence-electron chi connectivity index (χ3n) is 1.75. The summed E-state index contributed by atoms with van der Waals surface area (Å²) in [6.45, 7) is 8.17. The summed E-state index contributed by atoms with van der Waals surface area (Å²) in [5, 5.41) is 11.7. The molecule has 0 aromatic carbocycles. The molecular formula is C12H19NO2. The Morgan fingerprint density at radius 3 is 2.67 bits per heavy atom.